The maximum absolute atomic E-state index is 12.1. The SMILES string of the molecule is C[C@@H]1OCO[C@H]1[C@H]1OCOC[C@H]1OC(=O)c1ccccc1. The van der Waals surface area contributed by atoms with E-state index >= 15 is 0 Å². The molecule has 2 aliphatic heterocycles. The van der Waals surface area contributed by atoms with E-state index in [9.17, 15) is 4.79 Å². The van der Waals surface area contributed by atoms with Gasteiger partial charge in [0.2, 0.25) is 0 Å². The molecule has 0 saturated carbocycles. The van der Waals surface area contributed by atoms with E-state index < -0.39 is 12.1 Å². The Morgan fingerprint density at radius 3 is 2.57 bits per heavy atom. The molecular weight excluding hydrogens is 276 g/mol. The third kappa shape index (κ3) is 3.24. The maximum Gasteiger partial charge on any atom is 0.338 e. The Hall–Kier alpha value is -1.47. The lowest BCUT2D eigenvalue weighted by Gasteiger charge is -2.34. The molecule has 6 heteroatoms. The van der Waals surface area contributed by atoms with Crippen LogP contribution in [0.4, 0.5) is 0 Å². The Morgan fingerprint density at radius 2 is 1.86 bits per heavy atom. The summed E-state index contributed by atoms with van der Waals surface area (Å²) in [7, 11) is 0. The maximum atomic E-state index is 12.1. The zero-order valence-electron chi connectivity index (χ0n) is 11.8. The van der Waals surface area contributed by atoms with E-state index in [-0.39, 0.29) is 38.5 Å². The lowest BCUT2D eigenvalue weighted by Crippen LogP contribution is -2.51. The highest BCUT2D eigenvalue weighted by Gasteiger charge is 2.42. The van der Waals surface area contributed by atoms with Crippen molar-refractivity contribution in [3.63, 3.8) is 0 Å². The predicted octanol–water partition coefficient (Wildman–Crippen LogP) is 1.35. The van der Waals surface area contributed by atoms with Crippen LogP contribution >= 0.6 is 0 Å². The molecule has 0 unspecified atom stereocenters. The molecule has 0 radical (unpaired) electrons. The van der Waals surface area contributed by atoms with Crippen LogP contribution in [0.3, 0.4) is 0 Å². The molecule has 0 aliphatic carbocycles. The van der Waals surface area contributed by atoms with Gasteiger partial charge in [-0.25, -0.2) is 4.79 Å². The largest absolute Gasteiger partial charge is 0.453 e. The van der Waals surface area contributed by atoms with Gasteiger partial charge in [-0.3, -0.25) is 0 Å². The second-order valence-corrected chi connectivity index (χ2v) is 5.05. The molecular formula is C15H18O6. The monoisotopic (exact) mass is 294 g/mol. The zero-order valence-corrected chi connectivity index (χ0v) is 11.8. The van der Waals surface area contributed by atoms with Gasteiger partial charge in [-0.1, -0.05) is 18.2 Å². The molecule has 0 N–H and O–H groups in total. The second kappa shape index (κ2) is 6.53. The van der Waals surface area contributed by atoms with Gasteiger partial charge in [-0.15, -0.1) is 0 Å². The van der Waals surface area contributed by atoms with Crippen LogP contribution in [0.25, 0.3) is 0 Å². The summed E-state index contributed by atoms with van der Waals surface area (Å²) in [5, 5.41) is 0. The first-order valence-electron chi connectivity index (χ1n) is 6.94. The van der Waals surface area contributed by atoms with Crippen molar-refractivity contribution in [2.45, 2.75) is 31.3 Å². The van der Waals surface area contributed by atoms with E-state index in [0.717, 1.165) is 0 Å². The first-order chi connectivity index (χ1) is 10.3. The molecule has 2 saturated heterocycles. The zero-order chi connectivity index (χ0) is 14.7. The Labute approximate surface area is 122 Å². The first-order valence-corrected chi connectivity index (χ1v) is 6.94. The van der Waals surface area contributed by atoms with E-state index in [4.69, 9.17) is 23.7 Å². The first kappa shape index (κ1) is 14.5. The van der Waals surface area contributed by atoms with Crippen molar-refractivity contribution in [3.05, 3.63) is 35.9 Å². The van der Waals surface area contributed by atoms with E-state index in [1.54, 1.807) is 24.3 Å². The van der Waals surface area contributed by atoms with E-state index in [0.29, 0.717) is 5.56 Å². The molecule has 114 valence electrons. The Morgan fingerprint density at radius 1 is 1.10 bits per heavy atom. The Kier molecular flexibility index (Phi) is 4.50. The van der Waals surface area contributed by atoms with Gasteiger partial charge >= 0.3 is 5.97 Å². The molecule has 0 spiro atoms. The smallest absolute Gasteiger partial charge is 0.338 e. The highest BCUT2D eigenvalue weighted by atomic mass is 16.7. The van der Waals surface area contributed by atoms with Crippen LogP contribution in [0, 0.1) is 0 Å². The van der Waals surface area contributed by atoms with Gasteiger partial charge < -0.3 is 23.7 Å². The van der Waals surface area contributed by atoms with Gasteiger partial charge in [0, 0.05) is 0 Å². The standard InChI is InChI=1S/C15H18O6/c1-10-13(20-9-18-10)14-12(7-17-8-19-14)21-15(16)11-5-3-2-4-6-11/h2-6,10,12-14H,7-9H2,1H3/t10-,12+,13+,14-/m0/s1. The summed E-state index contributed by atoms with van der Waals surface area (Å²) in [6.07, 6.45) is -1.27. The summed E-state index contributed by atoms with van der Waals surface area (Å²) in [6, 6.07) is 8.84. The average Bonchev–Trinajstić information content (AvgIpc) is 2.95. The molecule has 3 rings (SSSR count). The summed E-state index contributed by atoms with van der Waals surface area (Å²) in [5.74, 6) is -0.397. The molecule has 2 fully saturated rings. The van der Waals surface area contributed by atoms with Gasteiger partial charge in [0.1, 0.15) is 25.8 Å². The number of ether oxygens (including phenoxy) is 5. The fraction of sp³-hybridized carbons (Fsp3) is 0.533. The minimum Gasteiger partial charge on any atom is -0.453 e. The summed E-state index contributed by atoms with van der Waals surface area (Å²) >= 11 is 0. The highest BCUT2D eigenvalue weighted by Crippen LogP contribution is 2.25. The number of hydrogen-bond donors (Lipinski definition) is 0. The van der Waals surface area contributed by atoms with Gasteiger partial charge in [0.25, 0.3) is 0 Å². The van der Waals surface area contributed by atoms with Crippen molar-refractivity contribution in [1.29, 1.82) is 0 Å². The quantitative estimate of drug-likeness (QED) is 0.784. The van der Waals surface area contributed by atoms with Gasteiger partial charge in [-0.2, -0.15) is 0 Å². The summed E-state index contributed by atoms with van der Waals surface area (Å²) in [5.41, 5.74) is 0.499. The van der Waals surface area contributed by atoms with Crippen molar-refractivity contribution < 1.29 is 28.5 Å². The molecule has 1 aromatic carbocycles. The summed E-state index contributed by atoms with van der Waals surface area (Å²) < 4.78 is 27.3. The topological polar surface area (TPSA) is 63.2 Å². The van der Waals surface area contributed by atoms with Crippen LogP contribution in [-0.2, 0) is 23.7 Å². The van der Waals surface area contributed by atoms with Crippen molar-refractivity contribution in [1.82, 2.24) is 0 Å². The third-order valence-electron chi connectivity index (χ3n) is 3.64. The molecule has 1 aromatic rings. The van der Waals surface area contributed by atoms with Crippen molar-refractivity contribution in [2.24, 2.45) is 0 Å². The van der Waals surface area contributed by atoms with Crippen LogP contribution in [0.1, 0.15) is 17.3 Å². The number of benzene rings is 1. The van der Waals surface area contributed by atoms with Gasteiger partial charge in [-0.05, 0) is 19.1 Å². The molecule has 21 heavy (non-hydrogen) atoms. The van der Waals surface area contributed by atoms with E-state index in [2.05, 4.69) is 0 Å². The molecule has 0 aromatic heterocycles. The fourth-order valence-electron chi connectivity index (χ4n) is 2.50. The number of carbonyl (C=O) groups is 1. The minimum atomic E-state index is -0.513. The lowest BCUT2D eigenvalue weighted by atomic mass is 10.0. The highest BCUT2D eigenvalue weighted by molar-refractivity contribution is 5.89. The number of rotatable bonds is 3. The van der Waals surface area contributed by atoms with E-state index in [1.807, 2.05) is 13.0 Å². The molecule has 6 nitrogen and oxygen atoms in total. The number of carbonyl (C=O) groups excluding carboxylic acids is 1. The normalized spacial score (nSPS) is 32.8. The lowest BCUT2D eigenvalue weighted by molar-refractivity contribution is -0.221. The molecule has 0 amide bonds. The summed E-state index contributed by atoms with van der Waals surface area (Å²) in [6.45, 7) is 2.59. The van der Waals surface area contributed by atoms with Crippen LogP contribution in [0.5, 0.6) is 0 Å². The fourth-order valence-corrected chi connectivity index (χ4v) is 2.50. The summed E-state index contributed by atoms with van der Waals surface area (Å²) in [4.78, 5) is 12.1. The number of esters is 1. The third-order valence-corrected chi connectivity index (χ3v) is 3.64. The minimum absolute atomic E-state index is 0.106. The van der Waals surface area contributed by atoms with Crippen molar-refractivity contribution in [2.75, 3.05) is 20.2 Å². The molecule has 0 bridgehead atoms. The Balaban J connectivity index is 1.68. The molecule has 2 aliphatic rings. The van der Waals surface area contributed by atoms with Crippen LogP contribution in [-0.4, -0.2) is 50.6 Å². The van der Waals surface area contributed by atoms with Crippen molar-refractivity contribution in [3.8, 4) is 0 Å². The van der Waals surface area contributed by atoms with Crippen molar-refractivity contribution >= 4 is 5.97 Å². The molecule has 4 atom stereocenters. The average molecular weight is 294 g/mol. The van der Waals surface area contributed by atoms with Gasteiger partial charge in [0.05, 0.1) is 18.3 Å². The van der Waals surface area contributed by atoms with Gasteiger partial charge in [0.15, 0.2) is 6.10 Å². The van der Waals surface area contributed by atoms with Crippen LogP contribution in [0.2, 0.25) is 0 Å². The predicted molar refractivity (Wildman–Crippen MR) is 71.6 cm³/mol. The van der Waals surface area contributed by atoms with Crippen LogP contribution < -0.4 is 0 Å². The molecule has 2 heterocycles. The van der Waals surface area contributed by atoms with Crippen LogP contribution in [0.15, 0.2) is 30.3 Å². The van der Waals surface area contributed by atoms with E-state index in [1.165, 1.54) is 0 Å². The number of hydrogen-bond acceptors (Lipinski definition) is 6. The second-order valence-electron chi connectivity index (χ2n) is 5.05. The Bertz CT molecular complexity index is 476.